The molecule has 1 aromatic carbocycles. The Kier molecular flexibility index (Phi) is 4.91. The molecule has 6 nitrogen and oxygen atoms in total. The Morgan fingerprint density at radius 3 is 2.94 bits per heavy atom. The molecular formula is C11H14FN3O3. The molecule has 0 aliphatic heterocycles. The number of nitrogens with zero attached hydrogens (tertiary/aromatic N) is 1. The third kappa shape index (κ3) is 3.34. The van der Waals surface area contributed by atoms with Crippen LogP contribution in [0, 0.1) is 5.82 Å². The lowest BCUT2D eigenvalue weighted by atomic mass is 10.1. The first kappa shape index (κ1) is 13.8. The fraction of sp³-hybridized carbons (Fsp3) is 0.273. The summed E-state index contributed by atoms with van der Waals surface area (Å²) in [6, 6.07) is 4.10. The number of carbonyl (C=O) groups is 1. The second kappa shape index (κ2) is 6.43. The Morgan fingerprint density at radius 2 is 2.33 bits per heavy atom. The van der Waals surface area contributed by atoms with Crippen molar-refractivity contribution in [2.24, 2.45) is 10.9 Å². The summed E-state index contributed by atoms with van der Waals surface area (Å²) in [6.45, 7) is 0.131. The summed E-state index contributed by atoms with van der Waals surface area (Å²) in [4.78, 5) is 11.7. The fourth-order valence-corrected chi connectivity index (χ4v) is 1.34. The van der Waals surface area contributed by atoms with Crippen LogP contribution in [0.25, 0.3) is 0 Å². The van der Waals surface area contributed by atoms with Gasteiger partial charge in [-0.15, -0.1) is 0 Å². The van der Waals surface area contributed by atoms with Gasteiger partial charge in [-0.3, -0.25) is 4.79 Å². The number of ether oxygens (including phenoxy) is 1. The number of hydrogen-bond acceptors (Lipinski definition) is 4. The maximum atomic E-state index is 13.5. The lowest BCUT2D eigenvalue weighted by Crippen LogP contribution is -2.29. The van der Waals surface area contributed by atoms with Crippen molar-refractivity contribution in [2.45, 2.75) is 6.42 Å². The zero-order valence-electron chi connectivity index (χ0n) is 9.81. The zero-order chi connectivity index (χ0) is 13.5. The number of rotatable bonds is 5. The van der Waals surface area contributed by atoms with E-state index in [-0.39, 0.29) is 30.1 Å². The van der Waals surface area contributed by atoms with E-state index in [1.807, 2.05) is 0 Å². The van der Waals surface area contributed by atoms with Gasteiger partial charge in [-0.1, -0.05) is 11.2 Å². The molecule has 1 aromatic rings. The molecule has 0 fully saturated rings. The number of benzene rings is 1. The molecule has 0 radical (unpaired) electrons. The van der Waals surface area contributed by atoms with E-state index in [9.17, 15) is 9.18 Å². The monoisotopic (exact) mass is 255 g/mol. The van der Waals surface area contributed by atoms with E-state index in [1.165, 1.54) is 25.3 Å². The van der Waals surface area contributed by atoms with Crippen LogP contribution >= 0.6 is 0 Å². The van der Waals surface area contributed by atoms with Crippen molar-refractivity contribution in [3.8, 4) is 5.75 Å². The van der Waals surface area contributed by atoms with Gasteiger partial charge in [0.05, 0.1) is 7.11 Å². The standard InChI is InChI=1S/C11H14FN3O3/c1-18-8-4-2-3-7(12)10(8)11(16)14-6-5-9(13)15-17/h2-4,17H,5-6H2,1H3,(H2,13,15)(H,14,16). The first-order valence-electron chi connectivity index (χ1n) is 5.17. The van der Waals surface area contributed by atoms with Crippen LogP contribution in [0.3, 0.4) is 0 Å². The van der Waals surface area contributed by atoms with Crippen LogP contribution < -0.4 is 15.8 Å². The van der Waals surface area contributed by atoms with Gasteiger partial charge in [-0.2, -0.15) is 0 Å². The summed E-state index contributed by atoms with van der Waals surface area (Å²) in [7, 11) is 1.35. The van der Waals surface area contributed by atoms with Gasteiger partial charge in [0.25, 0.3) is 5.91 Å². The number of oxime groups is 1. The molecule has 0 atom stereocenters. The predicted octanol–water partition coefficient (Wildman–Crippen LogP) is 0.701. The minimum Gasteiger partial charge on any atom is -0.496 e. The average molecular weight is 255 g/mol. The van der Waals surface area contributed by atoms with E-state index in [0.29, 0.717) is 0 Å². The summed E-state index contributed by atoms with van der Waals surface area (Å²) in [6.07, 6.45) is 0.166. The smallest absolute Gasteiger partial charge is 0.258 e. The van der Waals surface area contributed by atoms with Crippen molar-refractivity contribution in [3.05, 3.63) is 29.6 Å². The molecule has 0 aliphatic rings. The Bertz CT molecular complexity index is 463. The SMILES string of the molecule is COc1cccc(F)c1C(=O)NCCC(N)=NO. The van der Waals surface area contributed by atoms with Gasteiger partial charge in [0, 0.05) is 13.0 Å². The average Bonchev–Trinajstić information content (AvgIpc) is 2.37. The van der Waals surface area contributed by atoms with Crippen molar-refractivity contribution >= 4 is 11.7 Å². The molecule has 18 heavy (non-hydrogen) atoms. The topological polar surface area (TPSA) is 96.9 Å². The van der Waals surface area contributed by atoms with Crippen molar-refractivity contribution in [2.75, 3.05) is 13.7 Å². The molecule has 0 aromatic heterocycles. The Hall–Kier alpha value is -2.31. The summed E-state index contributed by atoms with van der Waals surface area (Å²) in [5.74, 6) is -1.15. The highest BCUT2D eigenvalue weighted by Gasteiger charge is 2.16. The molecule has 4 N–H and O–H groups in total. The van der Waals surface area contributed by atoms with Crippen LogP contribution in [0.5, 0.6) is 5.75 Å². The molecule has 1 amide bonds. The Balaban J connectivity index is 2.72. The number of nitrogens with two attached hydrogens (primary N) is 1. The highest BCUT2D eigenvalue weighted by atomic mass is 19.1. The largest absolute Gasteiger partial charge is 0.496 e. The van der Waals surface area contributed by atoms with Crippen LogP contribution in [-0.2, 0) is 0 Å². The van der Waals surface area contributed by atoms with Gasteiger partial charge < -0.3 is 21.0 Å². The van der Waals surface area contributed by atoms with Crippen molar-refractivity contribution in [1.82, 2.24) is 5.32 Å². The summed E-state index contributed by atoms with van der Waals surface area (Å²) < 4.78 is 18.4. The van der Waals surface area contributed by atoms with Crippen molar-refractivity contribution < 1.29 is 19.1 Å². The predicted molar refractivity (Wildman–Crippen MR) is 63.3 cm³/mol. The number of nitrogens with one attached hydrogen (secondary N) is 1. The molecule has 0 saturated carbocycles. The van der Waals surface area contributed by atoms with Crippen LogP contribution in [0.1, 0.15) is 16.8 Å². The molecule has 7 heteroatoms. The number of halogens is 1. The fourth-order valence-electron chi connectivity index (χ4n) is 1.34. The third-order valence-corrected chi connectivity index (χ3v) is 2.22. The Labute approximate surface area is 103 Å². The maximum absolute atomic E-state index is 13.5. The first-order valence-corrected chi connectivity index (χ1v) is 5.17. The molecule has 98 valence electrons. The van der Waals surface area contributed by atoms with E-state index in [0.717, 1.165) is 0 Å². The Morgan fingerprint density at radius 1 is 1.61 bits per heavy atom. The highest BCUT2D eigenvalue weighted by Crippen LogP contribution is 2.20. The minimum absolute atomic E-state index is 0.0178. The minimum atomic E-state index is -0.671. The lowest BCUT2D eigenvalue weighted by Gasteiger charge is -2.09. The summed E-state index contributed by atoms with van der Waals surface area (Å²) >= 11 is 0. The van der Waals surface area contributed by atoms with Crippen LogP contribution in [0.4, 0.5) is 4.39 Å². The number of carbonyl (C=O) groups excluding carboxylic acids is 1. The summed E-state index contributed by atoms with van der Waals surface area (Å²) in [5.41, 5.74) is 5.07. The van der Waals surface area contributed by atoms with E-state index < -0.39 is 11.7 Å². The zero-order valence-corrected chi connectivity index (χ0v) is 9.81. The number of amides is 1. The normalized spacial score (nSPS) is 11.1. The van der Waals surface area contributed by atoms with Crippen LogP contribution in [-0.4, -0.2) is 30.6 Å². The van der Waals surface area contributed by atoms with E-state index in [4.69, 9.17) is 15.7 Å². The maximum Gasteiger partial charge on any atom is 0.258 e. The molecule has 1 rings (SSSR count). The molecular weight excluding hydrogens is 241 g/mol. The van der Waals surface area contributed by atoms with Crippen molar-refractivity contribution in [1.29, 1.82) is 0 Å². The molecule has 0 aliphatic carbocycles. The molecule has 0 saturated heterocycles. The van der Waals surface area contributed by atoms with Crippen LogP contribution in [0.15, 0.2) is 23.4 Å². The van der Waals surface area contributed by atoms with E-state index in [1.54, 1.807) is 0 Å². The number of hydrogen-bond donors (Lipinski definition) is 3. The second-order valence-electron chi connectivity index (χ2n) is 3.41. The van der Waals surface area contributed by atoms with Crippen LogP contribution in [0.2, 0.25) is 0 Å². The lowest BCUT2D eigenvalue weighted by molar-refractivity contribution is 0.0947. The quantitative estimate of drug-likeness (QED) is 0.312. The van der Waals surface area contributed by atoms with Gasteiger partial charge in [0.15, 0.2) is 0 Å². The molecule has 0 spiro atoms. The molecule has 0 bridgehead atoms. The third-order valence-electron chi connectivity index (χ3n) is 2.22. The second-order valence-corrected chi connectivity index (χ2v) is 3.41. The molecule has 0 heterocycles. The van der Waals surface area contributed by atoms with Gasteiger partial charge in [-0.05, 0) is 12.1 Å². The van der Waals surface area contributed by atoms with Gasteiger partial charge in [-0.25, -0.2) is 4.39 Å². The van der Waals surface area contributed by atoms with Gasteiger partial charge in [0.1, 0.15) is 23.0 Å². The number of methoxy groups -OCH3 is 1. The van der Waals surface area contributed by atoms with E-state index >= 15 is 0 Å². The number of amidine groups is 1. The van der Waals surface area contributed by atoms with Gasteiger partial charge >= 0.3 is 0 Å². The van der Waals surface area contributed by atoms with E-state index in [2.05, 4.69) is 10.5 Å². The summed E-state index contributed by atoms with van der Waals surface area (Å²) in [5, 5.41) is 13.5. The van der Waals surface area contributed by atoms with Crippen molar-refractivity contribution in [3.63, 3.8) is 0 Å². The van der Waals surface area contributed by atoms with Gasteiger partial charge in [0.2, 0.25) is 0 Å². The molecule has 0 unspecified atom stereocenters. The first-order chi connectivity index (χ1) is 8.60. The highest BCUT2D eigenvalue weighted by molar-refractivity contribution is 5.97.